The van der Waals surface area contributed by atoms with E-state index in [0.717, 1.165) is 37.7 Å². The van der Waals surface area contributed by atoms with Gasteiger partial charge in [-0.05, 0) is 38.5 Å². The van der Waals surface area contributed by atoms with E-state index in [4.69, 9.17) is 0 Å². The van der Waals surface area contributed by atoms with E-state index in [1.54, 1.807) is 6.33 Å². The Balaban J connectivity index is 1.61. The molecule has 2 heterocycles. The number of fused-ring (bicyclic) bond motifs is 1. The highest BCUT2D eigenvalue weighted by Crippen LogP contribution is 2.36. The molecule has 0 aromatic carbocycles. The molecule has 0 radical (unpaired) electrons. The van der Waals surface area contributed by atoms with E-state index in [0.29, 0.717) is 17.7 Å². The van der Waals surface area contributed by atoms with Crippen LogP contribution in [-0.2, 0) is 19.9 Å². The largest absolute Gasteiger partial charge is 0.297 e. The molecule has 2 aromatic heterocycles. The summed E-state index contributed by atoms with van der Waals surface area (Å²) in [7, 11) is 1.91. The van der Waals surface area contributed by atoms with Crippen molar-refractivity contribution in [3.63, 3.8) is 0 Å². The maximum Gasteiger partial charge on any atom is 0.278 e. The highest BCUT2D eigenvalue weighted by atomic mass is 16.2. The fourth-order valence-corrected chi connectivity index (χ4v) is 3.07. The summed E-state index contributed by atoms with van der Waals surface area (Å²) in [6.07, 6.45) is 8.16. The van der Waals surface area contributed by atoms with E-state index < -0.39 is 0 Å². The third-order valence-electron chi connectivity index (χ3n) is 4.32. The van der Waals surface area contributed by atoms with Crippen LogP contribution in [0.2, 0.25) is 0 Å². The van der Waals surface area contributed by atoms with Crippen molar-refractivity contribution in [1.29, 1.82) is 0 Å². The summed E-state index contributed by atoms with van der Waals surface area (Å²) < 4.78 is 3.78. The molecule has 7 heteroatoms. The fourth-order valence-electron chi connectivity index (χ4n) is 3.07. The molecule has 0 spiro atoms. The highest BCUT2D eigenvalue weighted by molar-refractivity contribution is 6.03. The molecule has 0 unspecified atom stereocenters. The Bertz CT molecular complexity index is 696. The lowest BCUT2D eigenvalue weighted by Crippen LogP contribution is -2.18. The molecule has 1 N–H and O–H groups in total. The minimum absolute atomic E-state index is 0.177. The van der Waals surface area contributed by atoms with Crippen LogP contribution in [0, 0.1) is 0 Å². The van der Waals surface area contributed by atoms with Gasteiger partial charge >= 0.3 is 0 Å². The van der Waals surface area contributed by atoms with E-state index in [2.05, 4.69) is 20.6 Å². The van der Waals surface area contributed by atoms with Gasteiger partial charge in [0.1, 0.15) is 6.33 Å². The topological polar surface area (TPSA) is 77.6 Å². The summed E-state index contributed by atoms with van der Waals surface area (Å²) in [6.45, 7) is 0. The average Bonchev–Trinajstić information content (AvgIpc) is 3.15. The van der Waals surface area contributed by atoms with Crippen molar-refractivity contribution < 1.29 is 4.79 Å². The van der Waals surface area contributed by atoms with E-state index >= 15 is 0 Å². The third-order valence-corrected chi connectivity index (χ3v) is 4.32. The second kappa shape index (κ2) is 4.68. The highest BCUT2D eigenvalue weighted by Gasteiger charge is 2.28. The number of hydrogen-bond acceptors (Lipinski definition) is 4. The normalized spacial score (nSPS) is 17.6. The minimum atomic E-state index is -0.177. The van der Waals surface area contributed by atoms with Crippen LogP contribution in [0.15, 0.2) is 6.33 Å². The monoisotopic (exact) mass is 286 g/mol. The summed E-state index contributed by atoms with van der Waals surface area (Å²) in [5.74, 6) is 0.348. The molecule has 4 rings (SSSR count). The van der Waals surface area contributed by atoms with E-state index in [1.165, 1.54) is 12.1 Å². The van der Waals surface area contributed by atoms with Crippen molar-refractivity contribution in [2.45, 2.75) is 44.6 Å². The molecule has 0 bridgehead atoms. The zero-order valence-corrected chi connectivity index (χ0v) is 12.0. The van der Waals surface area contributed by atoms with Crippen molar-refractivity contribution in [3.05, 3.63) is 23.3 Å². The number of rotatable bonds is 3. The minimum Gasteiger partial charge on any atom is -0.297 e. The zero-order valence-electron chi connectivity index (χ0n) is 12.0. The van der Waals surface area contributed by atoms with E-state index in [1.807, 2.05) is 16.3 Å². The van der Waals surface area contributed by atoms with Gasteiger partial charge in [-0.3, -0.25) is 19.4 Å². The molecule has 1 saturated carbocycles. The Hall–Kier alpha value is -2.18. The van der Waals surface area contributed by atoms with Crippen LogP contribution in [0.1, 0.15) is 53.5 Å². The maximum absolute atomic E-state index is 12.5. The first-order chi connectivity index (χ1) is 10.2. The number of carbonyl (C=O) groups is 1. The second-order valence-corrected chi connectivity index (χ2v) is 5.85. The van der Waals surface area contributed by atoms with Gasteiger partial charge in [0.05, 0.1) is 0 Å². The molecular formula is C14H18N6O. The Kier molecular flexibility index (Phi) is 2.80. The smallest absolute Gasteiger partial charge is 0.278 e. The van der Waals surface area contributed by atoms with Crippen LogP contribution < -0.4 is 5.32 Å². The van der Waals surface area contributed by atoms with Gasteiger partial charge in [-0.2, -0.15) is 5.10 Å². The maximum atomic E-state index is 12.5. The van der Waals surface area contributed by atoms with Crippen LogP contribution in [0.5, 0.6) is 0 Å². The third kappa shape index (κ3) is 2.12. The number of carbonyl (C=O) groups excluding carboxylic acids is 1. The molecule has 0 saturated heterocycles. The summed E-state index contributed by atoms with van der Waals surface area (Å²) in [4.78, 5) is 12.5. The van der Waals surface area contributed by atoms with Crippen molar-refractivity contribution in [2.75, 3.05) is 5.32 Å². The molecule has 0 atom stereocenters. The molecule has 2 aromatic rings. The van der Waals surface area contributed by atoms with Gasteiger partial charge in [0.2, 0.25) is 5.95 Å². The summed E-state index contributed by atoms with van der Waals surface area (Å²) >= 11 is 0. The van der Waals surface area contributed by atoms with Crippen LogP contribution in [-0.4, -0.2) is 30.5 Å². The molecule has 21 heavy (non-hydrogen) atoms. The Morgan fingerprint density at radius 3 is 2.95 bits per heavy atom. The van der Waals surface area contributed by atoms with E-state index in [9.17, 15) is 4.79 Å². The predicted molar refractivity (Wildman–Crippen MR) is 76.1 cm³/mol. The number of nitrogens with one attached hydrogen (secondary N) is 1. The number of aromatic nitrogens is 5. The molecule has 1 amide bonds. The number of amides is 1. The average molecular weight is 286 g/mol. The summed E-state index contributed by atoms with van der Waals surface area (Å²) in [5, 5.41) is 15.2. The molecule has 1 fully saturated rings. The Labute approximate surface area is 122 Å². The molecular weight excluding hydrogens is 268 g/mol. The summed E-state index contributed by atoms with van der Waals surface area (Å²) in [6, 6.07) is 0.438. The van der Waals surface area contributed by atoms with Crippen molar-refractivity contribution in [1.82, 2.24) is 24.5 Å². The Morgan fingerprint density at radius 2 is 2.14 bits per heavy atom. The van der Waals surface area contributed by atoms with Gasteiger partial charge in [-0.1, -0.05) is 0 Å². The van der Waals surface area contributed by atoms with E-state index in [-0.39, 0.29) is 5.91 Å². The van der Waals surface area contributed by atoms with Crippen LogP contribution in [0.4, 0.5) is 5.95 Å². The SMILES string of the molecule is Cn1nc(C(=O)Nc2nncn2C2CC2)c2c1CCCC2. The predicted octanol–water partition coefficient (Wildman–Crippen LogP) is 1.48. The first kappa shape index (κ1) is 12.6. The molecule has 7 nitrogen and oxygen atoms in total. The number of hydrogen-bond donors (Lipinski definition) is 1. The molecule has 110 valence electrons. The van der Waals surface area contributed by atoms with Crippen LogP contribution in [0.3, 0.4) is 0 Å². The zero-order chi connectivity index (χ0) is 14.4. The quantitative estimate of drug-likeness (QED) is 0.927. The van der Waals surface area contributed by atoms with Gasteiger partial charge in [0.15, 0.2) is 5.69 Å². The van der Waals surface area contributed by atoms with Gasteiger partial charge < -0.3 is 0 Å². The van der Waals surface area contributed by atoms with Crippen LogP contribution >= 0.6 is 0 Å². The van der Waals surface area contributed by atoms with Crippen LogP contribution in [0.25, 0.3) is 0 Å². The number of anilines is 1. The lowest BCUT2D eigenvalue weighted by atomic mass is 9.95. The fraction of sp³-hybridized carbons (Fsp3) is 0.571. The van der Waals surface area contributed by atoms with Gasteiger partial charge in [-0.15, -0.1) is 10.2 Å². The Morgan fingerprint density at radius 1 is 1.33 bits per heavy atom. The number of nitrogens with zero attached hydrogens (tertiary/aromatic N) is 5. The second-order valence-electron chi connectivity index (χ2n) is 5.85. The molecule has 0 aliphatic heterocycles. The number of aryl methyl sites for hydroxylation is 1. The first-order valence-electron chi connectivity index (χ1n) is 7.49. The van der Waals surface area contributed by atoms with Gasteiger partial charge in [0, 0.05) is 24.3 Å². The van der Waals surface area contributed by atoms with Crippen molar-refractivity contribution in [2.24, 2.45) is 7.05 Å². The molecule has 2 aliphatic rings. The lowest BCUT2D eigenvalue weighted by molar-refractivity contribution is 0.101. The standard InChI is InChI=1S/C14H18N6O/c1-19-11-5-3-2-4-10(11)12(18-19)13(21)16-14-17-15-8-20(14)9-6-7-9/h8-9H,2-7H2,1H3,(H,16,17,21). The molecule has 2 aliphatic carbocycles. The van der Waals surface area contributed by atoms with Crippen molar-refractivity contribution >= 4 is 11.9 Å². The van der Waals surface area contributed by atoms with Gasteiger partial charge in [0.25, 0.3) is 5.91 Å². The van der Waals surface area contributed by atoms with Crippen molar-refractivity contribution in [3.8, 4) is 0 Å². The summed E-state index contributed by atoms with van der Waals surface area (Å²) in [5.41, 5.74) is 2.83. The first-order valence-corrected chi connectivity index (χ1v) is 7.49. The lowest BCUT2D eigenvalue weighted by Gasteiger charge is -2.12. The van der Waals surface area contributed by atoms with Gasteiger partial charge in [-0.25, -0.2) is 0 Å².